The first-order valence-electron chi connectivity index (χ1n) is 9.65. The van der Waals surface area contributed by atoms with Gasteiger partial charge in [0, 0.05) is 35.6 Å². The van der Waals surface area contributed by atoms with Crippen molar-refractivity contribution in [3.63, 3.8) is 0 Å². The lowest BCUT2D eigenvalue weighted by atomic mass is 9.94. The van der Waals surface area contributed by atoms with E-state index in [0.29, 0.717) is 6.54 Å². The monoisotopic (exact) mass is 364 g/mol. The van der Waals surface area contributed by atoms with Gasteiger partial charge in [-0.05, 0) is 41.7 Å². The smallest absolute Gasteiger partial charge is 0.258 e. The van der Waals surface area contributed by atoms with Gasteiger partial charge in [0.15, 0.2) is 0 Å². The van der Waals surface area contributed by atoms with Gasteiger partial charge in [0.1, 0.15) is 0 Å². The van der Waals surface area contributed by atoms with E-state index >= 15 is 0 Å². The number of hydrogen-bond acceptors (Lipinski definition) is 2. The Labute approximate surface area is 164 Å². The molecule has 0 radical (unpaired) electrons. The van der Waals surface area contributed by atoms with Crippen LogP contribution in [0.2, 0.25) is 0 Å². The van der Waals surface area contributed by atoms with Crippen LogP contribution in [0.15, 0.2) is 90.0 Å². The average molecular weight is 364 g/mol. The molecule has 3 nitrogen and oxygen atoms in total. The molecule has 1 aliphatic rings. The second-order valence-electron chi connectivity index (χ2n) is 7.15. The van der Waals surface area contributed by atoms with Crippen LogP contribution in [-0.4, -0.2) is 9.55 Å². The quantitative estimate of drug-likeness (QED) is 0.490. The number of pyridine rings is 2. The Morgan fingerprint density at radius 2 is 1.46 bits per heavy atom. The zero-order valence-electron chi connectivity index (χ0n) is 15.5. The van der Waals surface area contributed by atoms with E-state index in [1.807, 2.05) is 65.5 Å². The average Bonchev–Trinajstić information content (AvgIpc) is 2.96. The van der Waals surface area contributed by atoms with Crippen molar-refractivity contribution < 1.29 is 0 Å². The highest BCUT2D eigenvalue weighted by molar-refractivity contribution is 5.85. The standard InChI is InChI=1S/C25H20N2O/c28-25-22(19-10-5-2-6-11-19)16-21(18-8-3-1-4-9-18)24-23-17-26-14-13-20(23)12-7-15-27(24)25/h1-6,8-11,13-14,16-17H,7,12,15H2. The van der Waals surface area contributed by atoms with Crippen molar-refractivity contribution in [2.45, 2.75) is 19.4 Å². The largest absolute Gasteiger partial charge is 0.307 e. The maximum absolute atomic E-state index is 13.5. The van der Waals surface area contributed by atoms with Crippen LogP contribution in [-0.2, 0) is 13.0 Å². The molecule has 4 aromatic rings. The van der Waals surface area contributed by atoms with Crippen molar-refractivity contribution in [1.82, 2.24) is 9.55 Å². The molecule has 28 heavy (non-hydrogen) atoms. The molecule has 2 aromatic heterocycles. The first kappa shape index (κ1) is 16.7. The molecular weight excluding hydrogens is 344 g/mol. The molecule has 1 aliphatic heterocycles. The van der Waals surface area contributed by atoms with E-state index in [1.165, 1.54) is 5.56 Å². The lowest BCUT2D eigenvalue weighted by molar-refractivity contribution is 0.642. The first-order valence-corrected chi connectivity index (χ1v) is 9.65. The van der Waals surface area contributed by atoms with Crippen molar-refractivity contribution in [3.05, 3.63) is 101 Å². The van der Waals surface area contributed by atoms with Crippen molar-refractivity contribution in [2.75, 3.05) is 0 Å². The van der Waals surface area contributed by atoms with Crippen molar-refractivity contribution in [2.24, 2.45) is 0 Å². The molecule has 3 heterocycles. The normalized spacial score (nSPS) is 12.7. The summed E-state index contributed by atoms with van der Waals surface area (Å²) in [4.78, 5) is 17.9. The zero-order valence-corrected chi connectivity index (χ0v) is 15.5. The maximum Gasteiger partial charge on any atom is 0.258 e. The summed E-state index contributed by atoms with van der Waals surface area (Å²) in [5, 5.41) is 0. The molecule has 0 atom stereocenters. The van der Waals surface area contributed by atoms with Crippen LogP contribution in [0, 0.1) is 0 Å². The molecule has 0 amide bonds. The third kappa shape index (κ3) is 2.76. The van der Waals surface area contributed by atoms with Crippen LogP contribution >= 0.6 is 0 Å². The Bertz CT molecular complexity index is 1190. The van der Waals surface area contributed by atoms with Gasteiger partial charge in [-0.1, -0.05) is 60.7 Å². The summed E-state index contributed by atoms with van der Waals surface area (Å²) in [7, 11) is 0. The highest BCUT2D eigenvalue weighted by Gasteiger charge is 2.22. The fourth-order valence-corrected chi connectivity index (χ4v) is 4.12. The minimum Gasteiger partial charge on any atom is -0.307 e. The molecule has 0 aliphatic carbocycles. The maximum atomic E-state index is 13.5. The van der Waals surface area contributed by atoms with Crippen molar-refractivity contribution in [1.29, 1.82) is 0 Å². The van der Waals surface area contributed by atoms with Crippen LogP contribution < -0.4 is 5.56 Å². The molecule has 0 spiro atoms. The third-order valence-electron chi connectivity index (χ3n) is 5.45. The molecular formula is C25H20N2O. The molecule has 5 rings (SSSR count). The number of hydrogen-bond donors (Lipinski definition) is 0. The molecule has 0 saturated heterocycles. The van der Waals surface area contributed by atoms with Crippen LogP contribution in [0.4, 0.5) is 0 Å². The highest BCUT2D eigenvalue weighted by atomic mass is 16.1. The predicted octanol–water partition coefficient (Wildman–Crippen LogP) is 5.19. The molecule has 3 heteroatoms. The summed E-state index contributed by atoms with van der Waals surface area (Å²) < 4.78 is 1.96. The molecule has 0 N–H and O–H groups in total. The molecule has 0 unspecified atom stereocenters. The topological polar surface area (TPSA) is 34.9 Å². The second-order valence-corrected chi connectivity index (χ2v) is 7.15. The van der Waals surface area contributed by atoms with Crippen LogP contribution in [0.1, 0.15) is 12.0 Å². The number of aryl methyl sites for hydroxylation is 1. The van der Waals surface area contributed by atoms with Crippen LogP contribution in [0.25, 0.3) is 33.5 Å². The van der Waals surface area contributed by atoms with Gasteiger partial charge in [-0.3, -0.25) is 9.78 Å². The Hall–Kier alpha value is -3.46. The van der Waals surface area contributed by atoms with Crippen molar-refractivity contribution in [3.8, 4) is 33.5 Å². The number of nitrogens with zero attached hydrogens (tertiary/aromatic N) is 2. The zero-order chi connectivity index (χ0) is 18.9. The van der Waals surface area contributed by atoms with Gasteiger partial charge in [0.25, 0.3) is 5.56 Å². The van der Waals surface area contributed by atoms with Gasteiger partial charge in [0.05, 0.1) is 5.69 Å². The predicted molar refractivity (Wildman–Crippen MR) is 113 cm³/mol. The summed E-state index contributed by atoms with van der Waals surface area (Å²) in [5.74, 6) is 0. The lowest BCUT2D eigenvalue weighted by Gasteiger charge is -2.19. The SMILES string of the molecule is O=c1c(-c2ccccc2)cc(-c2ccccc2)c2n1CCCc1ccncc1-2. The number of rotatable bonds is 2. The summed E-state index contributed by atoms with van der Waals surface area (Å²) in [5.41, 5.74) is 7.26. The summed E-state index contributed by atoms with van der Waals surface area (Å²) in [6.07, 6.45) is 5.64. The van der Waals surface area contributed by atoms with Gasteiger partial charge in [-0.25, -0.2) is 0 Å². The summed E-state index contributed by atoms with van der Waals surface area (Å²) in [6, 6.07) is 24.4. The first-order chi connectivity index (χ1) is 13.8. The van der Waals surface area contributed by atoms with E-state index in [1.54, 1.807) is 0 Å². The number of aromatic nitrogens is 2. The van der Waals surface area contributed by atoms with Gasteiger partial charge in [-0.15, -0.1) is 0 Å². The summed E-state index contributed by atoms with van der Waals surface area (Å²) >= 11 is 0. The lowest BCUT2D eigenvalue weighted by Crippen LogP contribution is -2.23. The van der Waals surface area contributed by atoms with E-state index in [2.05, 4.69) is 29.2 Å². The van der Waals surface area contributed by atoms with Crippen molar-refractivity contribution >= 4 is 0 Å². The molecule has 0 saturated carbocycles. The Balaban J connectivity index is 1.89. The van der Waals surface area contributed by atoms with Gasteiger partial charge in [-0.2, -0.15) is 0 Å². The minimum atomic E-state index is 0.0672. The highest BCUT2D eigenvalue weighted by Crippen LogP contribution is 2.37. The molecule has 0 bridgehead atoms. The number of benzene rings is 2. The molecule has 2 aromatic carbocycles. The van der Waals surface area contributed by atoms with E-state index in [9.17, 15) is 4.79 Å². The van der Waals surface area contributed by atoms with E-state index in [4.69, 9.17) is 0 Å². The fraction of sp³-hybridized carbons (Fsp3) is 0.120. The Morgan fingerprint density at radius 1 is 0.786 bits per heavy atom. The third-order valence-corrected chi connectivity index (χ3v) is 5.45. The van der Waals surface area contributed by atoms with Gasteiger partial charge in [0.2, 0.25) is 0 Å². The van der Waals surface area contributed by atoms with Gasteiger partial charge < -0.3 is 4.57 Å². The minimum absolute atomic E-state index is 0.0672. The Kier molecular flexibility index (Phi) is 4.13. The van der Waals surface area contributed by atoms with Crippen LogP contribution in [0.3, 0.4) is 0 Å². The van der Waals surface area contributed by atoms with E-state index in [-0.39, 0.29) is 5.56 Å². The second kappa shape index (κ2) is 6.93. The Morgan fingerprint density at radius 3 is 2.18 bits per heavy atom. The van der Waals surface area contributed by atoms with Gasteiger partial charge >= 0.3 is 0 Å². The van der Waals surface area contributed by atoms with Crippen LogP contribution in [0.5, 0.6) is 0 Å². The summed E-state index contributed by atoms with van der Waals surface area (Å²) in [6.45, 7) is 0.712. The van der Waals surface area contributed by atoms with E-state index < -0.39 is 0 Å². The van der Waals surface area contributed by atoms with E-state index in [0.717, 1.165) is 46.4 Å². The fourth-order valence-electron chi connectivity index (χ4n) is 4.12. The number of fused-ring (bicyclic) bond motifs is 3. The molecule has 0 fully saturated rings. The molecule has 136 valence electrons.